The van der Waals surface area contributed by atoms with Gasteiger partial charge in [0.15, 0.2) is 11.0 Å². The minimum atomic E-state index is -0.635. The zero-order valence-electron chi connectivity index (χ0n) is 19.1. The number of carbonyl (C=O) groups is 1. The van der Waals surface area contributed by atoms with Crippen LogP contribution in [0.15, 0.2) is 46.5 Å². The van der Waals surface area contributed by atoms with E-state index < -0.39 is 5.60 Å². The number of aryl methyl sites for hydroxylation is 1. The molecule has 4 rings (SSSR count). The topological polar surface area (TPSA) is 119 Å². The van der Waals surface area contributed by atoms with Crippen molar-refractivity contribution >= 4 is 40.8 Å². The number of nitrogens with one attached hydrogen (secondary N) is 3. The quantitative estimate of drug-likeness (QED) is 0.384. The molecule has 10 heteroatoms. The summed E-state index contributed by atoms with van der Waals surface area (Å²) in [4.78, 5) is 24.2. The van der Waals surface area contributed by atoms with Crippen molar-refractivity contribution in [3.63, 3.8) is 0 Å². The number of H-pyrrole nitrogens is 1. The third-order valence-electron chi connectivity index (χ3n) is 5.49. The molecule has 1 aliphatic heterocycles. The van der Waals surface area contributed by atoms with Gasteiger partial charge in [-0.15, -0.1) is 0 Å². The third-order valence-corrected chi connectivity index (χ3v) is 6.36. The SMILES string of the molecule is CCC(=O)Nc1ccc(Sc2nc(Nc3cc(C)[nH]n3)cc(N3CCC(C)(O)CC3)n2)cc1. The third kappa shape index (κ3) is 6.23. The van der Waals surface area contributed by atoms with Gasteiger partial charge in [0.2, 0.25) is 5.91 Å². The molecule has 3 aromatic rings. The molecule has 0 bridgehead atoms. The van der Waals surface area contributed by atoms with Gasteiger partial charge in [-0.05, 0) is 62.7 Å². The Labute approximate surface area is 197 Å². The van der Waals surface area contributed by atoms with Crippen LogP contribution in [-0.2, 0) is 4.79 Å². The minimum absolute atomic E-state index is 0.0173. The number of nitrogens with zero attached hydrogens (tertiary/aromatic N) is 4. The average molecular weight is 468 g/mol. The predicted octanol–water partition coefficient (Wildman–Crippen LogP) is 4.10. The maximum atomic E-state index is 11.6. The fraction of sp³-hybridized carbons (Fsp3) is 0.391. The molecular weight excluding hydrogens is 438 g/mol. The van der Waals surface area contributed by atoms with Crippen molar-refractivity contribution < 1.29 is 9.90 Å². The molecule has 4 N–H and O–H groups in total. The Bertz CT molecular complexity index is 1100. The molecule has 1 saturated heterocycles. The van der Waals surface area contributed by atoms with E-state index in [0.717, 1.165) is 35.2 Å². The number of aliphatic hydroxyl groups is 1. The van der Waals surface area contributed by atoms with E-state index in [0.29, 0.717) is 36.1 Å². The number of carbonyl (C=O) groups excluding carboxylic acids is 1. The van der Waals surface area contributed by atoms with Crippen LogP contribution in [0.25, 0.3) is 0 Å². The molecule has 0 unspecified atom stereocenters. The van der Waals surface area contributed by atoms with Crippen LogP contribution in [0.5, 0.6) is 0 Å². The monoisotopic (exact) mass is 467 g/mol. The largest absolute Gasteiger partial charge is 0.390 e. The summed E-state index contributed by atoms with van der Waals surface area (Å²) < 4.78 is 0. The number of hydrogen-bond donors (Lipinski definition) is 4. The number of aromatic nitrogens is 4. The highest BCUT2D eigenvalue weighted by Gasteiger charge is 2.28. The summed E-state index contributed by atoms with van der Waals surface area (Å²) in [6.07, 6.45) is 1.81. The van der Waals surface area contributed by atoms with Gasteiger partial charge in [0, 0.05) is 47.9 Å². The smallest absolute Gasteiger partial charge is 0.224 e. The molecular formula is C23H29N7O2S. The van der Waals surface area contributed by atoms with E-state index in [1.165, 1.54) is 11.8 Å². The fourth-order valence-electron chi connectivity index (χ4n) is 3.48. The van der Waals surface area contributed by atoms with Crippen molar-refractivity contribution in [2.75, 3.05) is 28.6 Å². The van der Waals surface area contributed by atoms with Crippen molar-refractivity contribution in [3.8, 4) is 0 Å². The van der Waals surface area contributed by atoms with Gasteiger partial charge in [-0.2, -0.15) is 5.10 Å². The first-order chi connectivity index (χ1) is 15.8. The Kier molecular flexibility index (Phi) is 6.85. The normalized spacial score (nSPS) is 15.3. The summed E-state index contributed by atoms with van der Waals surface area (Å²) in [5.74, 6) is 2.13. The molecule has 1 aromatic carbocycles. The standard InChI is InChI=1S/C23H29N7O2S/c1-4-21(31)24-16-5-7-17(8-6-16)33-22-26-18(25-19-13-15(2)28-29-19)14-20(27-22)30-11-9-23(3,32)10-12-30/h5-8,13-14,32H,4,9-12H2,1-3H3,(H,24,31)(H2,25,26,27,28,29). The Morgan fingerprint density at radius 1 is 1.18 bits per heavy atom. The summed E-state index contributed by atoms with van der Waals surface area (Å²) in [5.41, 5.74) is 1.08. The van der Waals surface area contributed by atoms with Crippen molar-refractivity contribution in [1.29, 1.82) is 0 Å². The van der Waals surface area contributed by atoms with Crippen LogP contribution in [0.2, 0.25) is 0 Å². The first-order valence-electron chi connectivity index (χ1n) is 11.0. The zero-order valence-corrected chi connectivity index (χ0v) is 19.9. The second-order valence-corrected chi connectivity index (χ2v) is 9.51. The molecule has 2 aromatic heterocycles. The average Bonchev–Trinajstić information content (AvgIpc) is 3.19. The highest BCUT2D eigenvalue weighted by atomic mass is 32.2. The van der Waals surface area contributed by atoms with Gasteiger partial charge < -0.3 is 20.6 Å². The van der Waals surface area contributed by atoms with E-state index in [9.17, 15) is 9.90 Å². The lowest BCUT2D eigenvalue weighted by molar-refractivity contribution is -0.115. The molecule has 0 spiro atoms. The van der Waals surface area contributed by atoms with Crippen molar-refractivity contribution in [1.82, 2.24) is 20.2 Å². The molecule has 174 valence electrons. The van der Waals surface area contributed by atoms with E-state index in [1.807, 2.05) is 57.2 Å². The Morgan fingerprint density at radius 2 is 1.91 bits per heavy atom. The summed E-state index contributed by atoms with van der Waals surface area (Å²) >= 11 is 1.45. The lowest BCUT2D eigenvalue weighted by atomic mass is 9.94. The minimum Gasteiger partial charge on any atom is -0.390 e. The molecule has 1 amide bonds. The van der Waals surface area contributed by atoms with E-state index in [1.54, 1.807) is 0 Å². The van der Waals surface area contributed by atoms with Gasteiger partial charge in [0.1, 0.15) is 11.6 Å². The molecule has 1 fully saturated rings. The summed E-state index contributed by atoms with van der Waals surface area (Å²) in [6, 6.07) is 11.5. The number of amides is 1. The van der Waals surface area contributed by atoms with E-state index >= 15 is 0 Å². The number of anilines is 4. The number of piperidine rings is 1. The van der Waals surface area contributed by atoms with E-state index in [-0.39, 0.29) is 5.91 Å². The van der Waals surface area contributed by atoms with E-state index in [2.05, 4.69) is 30.7 Å². The van der Waals surface area contributed by atoms with Crippen molar-refractivity contribution in [2.24, 2.45) is 0 Å². The van der Waals surface area contributed by atoms with Crippen molar-refractivity contribution in [3.05, 3.63) is 42.1 Å². The van der Waals surface area contributed by atoms with Gasteiger partial charge in [0.05, 0.1) is 5.60 Å². The van der Waals surface area contributed by atoms with Crippen LogP contribution < -0.4 is 15.5 Å². The van der Waals surface area contributed by atoms with Crippen LogP contribution in [0, 0.1) is 6.92 Å². The van der Waals surface area contributed by atoms with E-state index in [4.69, 9.17) is 4.98 Å². The van der Waals surface area contributed by atoms with Crippen LogP contribution in [0.1, 0.15) is 38.8 Å². The Morgan fingerprint density at radius 3 is 2.55 bits per heavy atom. The van der Waals surface area contributed by atoms with Crippen LogP contribution in [-0.4, -0.2) is 49.9 Å². The number of rotatable bonds is 7. The molecule has 33 heavy (non-hydrogen) atoms. The highest BCUT2D eigenvalue weighted by Crippen LogP contribution is 2.31. The maximum Gasteiger partial charge on any atom is 0.224 e. The van der Waals surface area contributed by atoms with Gasteiger partial charge in [0.25, 0.3) is 0 Å². The summed E-state index contributed by atoms with van der Waals surface area (Å²) in [6.45, 7) is 7.09. The molecule has 9 nitrogen and oxygen atoms in total. The zero-order chi connectivity index (χ0) is 23.4. The van der Waals surface area contributed by atoms with Crippen LogP contribution >= 0.6 is 11.8 Å². The predicted molar refractivity (Wildman–Crippen MR) is 130 cm³/mol. The number of aromatic amines is 1. The Balaban J connectivity index is 1.56. The molecule has 0 saturated carbocycles. The molecule has 0 aliphatic carbocycles. The molecule has 3 heterocycles. The number of hydrogen-bond acceptors (Lipinski definition) is 8. The van der Waals surface area contributed by atoms with Crippen LogP contribution in [0.3, 0.4) is 0 Å². The summed E-state index contributed by atoms with van der Waals surface area (Å²) in [7, 11) is 0. The Hall–Kier alpha value is -3.11. The summed E-state index contributed by atoms with van der Waals surface area (Å²) in [5, 5.41) is 24.2. The molecule has 0 radical (unpaired) electrons. The van der Waals surface area contributed by atoms with Gasteiger partial charge in [-0.1, -0.05) is 6.92 Å². The number of benzene rings is 1. The maximum absolute atomic E-state index is 11.6. The van der Waals surface area contributed by atoms with Gasteiger partial charge in [-0.25, -0.2) is 9.97 Å². The second kappa shape index (κ2) is 9.80. The highest BCUT2D eigenvalue weighted by molar-refractivity contribution is 7.99. The van der Waals surface area contributed by atoms with Crippen LogP contribution in [0.4, 0.5) is 23.1 Å². The molecule has 1 aliphatic rings. The second-order valence-electron chi connectivity index (χ2n) is 8.47. The van der Waals surface area contributed by atoms with Gasteiger partial charge >= 0.3 is 0 Å². The first kappa shape index (κ1) is 23.1. The van der Waals surface area contributed by atoms with Crippen molar-refractivity contribution in [2.45, 2.75) is 55.7 Å². The molecule has 0 atom stereocenters. The first-order valence-corrected chi connectivity index (χ1v) is 11.8. The lowest BCUT2D eigenvalue weighted by Gasteiger charge is -2.36. The fourth-order valence-corrected chi connectivity index (χ4v) is 4.24. The lowest BCUT2D eigenvalue weighted by Crippen LogP contribution is -2.42. The van der Waals surface area contributed by atoms with Gasteiger partial charge in [-0.3, -0.25) is 9.89 Å².